The highest BCUT2D eigenvalue weighted by Gasteiger charge is 2.29. The van der Waals surface area contributed by atoms with Crippen molar-refractivity contribution in [1.29, 1.82) is 0 Å². The van der Waals surface area contributed by atoms with Crippen molar-refractivity contribution in [2.24, 2.45) is 4.99 Å². The number of nitrogens with one attached hydrogen (secondary N) is 2. The van der Waals surface area contributed by atoms with Gasteiger partial charge >= 0.3 is 0 Å². The lowest BCUT2D eigenvalue weighted by Crippen LogP contribution is -2.46. The zero-order valence-electron chi connectivity index (χ0n) is 25.5. The Bertz CT molecular complexity index is 1120. The first-order valence-corrected chi connectivity index (χ1v) is 13.5. The van der Waals surface area contributed by atoms with Gasteiger partial charge in [0.25, 0.3) is 0 Å². The van der Waals surface area contributed by atoms with Crippen molar-refractivity contribution in [3.63, 3.8) is 0 Å². The summed E-state index contributed by atoms with van der Waals surface area (Å²) in [6.45, 7) is 26.4. The smallest absolute Gasteiger partial charge is 0.123 e. The van der Waals surface area contributed by atoms with Crippen LogP contribution in [0.15, 0.2) is 29.3 Å². The van der Waals surface area contributed by atoms with Gasteiger partial charge in [0.1, 0.15) is 31.2 Å². The molecule has 0 amide bonds. The van der Waals surface area contributed by atoms with Crippen LogP contribution in [0.1, 0.15) is 105 Å². The molecule has 0 spiro atoms. The van der Waals surface area contributed by atoms with Crippen LogP contribution in [0, 0.1) is 0 Å². The number of hydrogen-bond donors (Lipinski definition) is 4. The fourth-order valence-corrected chi connectivity index (χ4v) is 4.67. The van der Waals surface area contributed by atoms with Gasteiger partial charge in [-0.05, 0) is 45.9 Å². The third kappa shape index (κ3) is 6.73. The number of rotatable bonds is 4. The molecule has 2 aromatic carbocycles. The minimum absolute atomic E-state index is 0.205. The molecule has 0 aliphatic carbocycles. The van der Waals surface area contributed by atoms with Gasteiger partial charge in [0, 0.05) is 27.9 Å². The van der Waals surface area contributed by atoms with E-state index in [0.29, 0.717) is 24.8 Å². The largest absolute Gasteiger partial charge is 0.507 e. The van der Waals surface area contributed by atoms with E-state index in [9.17, 15) is 10.2 Å². The summed E-state index contributed by atoms with van der Waals surface area (Å²) in [4.78, 5) is 4.56. The minimum atomic E-state index is -0.209. The zero-order chi connectivity index (χ0) is 28.8. The summed E-state index contributed by atoms with van der Waals surface area (Å²) in [6, 6.07) is 8.11. The van der Waals surface area contributed by atoms with Crippen molar-refractivity contribution < 1.29 is 10.2 Å². The van der Waals surface area contributed by atoms with Crippen LogP contribution < -0.4 is 10.9 Å². The molecular formula is C31H49N5O2. The molecule has 3 rings (SSSR count). The van der Waals surface area contributed by atoms with E-state index in [1.54, 1.807) is 6.34 Å². The van der Waals surface area contributed by atoms with Gasteiger partial charge in [-0.1, -0.05) is 83.1 Å². The van der Waals surface area contributed by atoms with Crippen molar-refractivity contribution in [2.75, 3.05) is 24.2 Å². The number of phenolic OH excluding ortho intramolecular Hbond substituents is 2. The van der Waals surface area contributed by atoms with Crippen LogP contribution in [0.25, 0.3) is 0 Å². The van der Waals surface area contributed by atoms with Crippen molar-refractivity contribution in [3.8, 4) is 11.5 Å². The molecule has 38 heavy (non-hydrogen) atoms. The summed E-state index contributed by atoms with van der Waals surface area (Å²) in [6.07, 6.45) is 1.80. The van der Waals surface area contributed by atoms with E-state index in [4.69, 9.17) is 0 Å². The Balaban J connectivity index is 1.89. The summed E-state index contributed by atoms with van der Waals surface area (Å²) in [7, 11) is 0. The predicted octanol–water partition coefficient (Wildman–Crippen LogP) is 7.20. The van der Waals surface area contributed by atoms with E-state index in [0.717, 1.165) is 33.6 Å². The summed E-state index contributed by atoms with van der Waals surface area (Å²) < 4.78 is 0. The lowest BCUT2D eigenvalue weighted by atomic mass is 9.79. The van der Waals surface area contributed by atoms with Crippen LogP contribution in [0.3, 0.4) is 0 Å². The molecule has 0 bridgehead atoms. The van der Waals surface area contributed by atoms with Gasteiger partial charge in [0.2, 0.25) is 0 Å². The highest BCUT2D eigenvalue weighted by molar-refractivity contribution is 5.64. The Hall–Kier alpha value is -2.93. The number of aromatic hydroxyl groups is 2. The molecule has 4 N–H and O–H groups in total. The fraction of sp³-hybridized carbons (Fsp3) is 0.581. The fourth-order valence-electron chi connectivity index (χ4n) is 4.67. The lowest BCUT2D eigenvalue weighted by molar-refractivity contribution is 0.232. The lowest BCUT2D eigenvalue weighted by Gasteiger charge is -2.35. The molecule has 1 aliphatic heterocycles. The number of phenols is 2. The Morgan fingerprint density at radius 3 is 1.29 bits per heavy atom. The molecule has 210 valence electrons. The number of aliphatic imine (C=N–C) groups is 1. The molecule has 0 radical (unpaired) electrons. The van der Waals surface area contributed by atoms with Gasteiger partial charge in [-0.3, -0.25) is 15.4 Å². The number of nitrogens with zero attached hydrogens (tertiary/aromatic N) is 3. The number of hydrazine groups is 2. The summed E-state index contributed by atoms with van der Waals surface area (Å²) in [5.41, 5.74) is 11.6. The molecule has 0 atom stereocenters. The number of anilines is 2. The molecule has 7 nitrogen and oxygen atoms in total. The average Bonchev–Trinajstić information content (AvgIpc) is 2.73. The maximum absolute atomic E-state index is 11.1. The number of hydrogen-bond acceptors (Lipinski definition) is 7. The third-order valence-corrected chi connectivity index (χ3v) is 6.81. The first kappa shape index (κ1) is 29.6. The van der Waals surface area contributed by atoms with Crippen molar-refractivity contribution in [1.82, 2.24) is 10.0 Å². The van der Waals surface area contributed by atoms with Gasteiger partial charge in [-0.2, -0.15) is 5.01 Å². The van der Waals surface area contributed by atoms with Crippen LogP contribution >= 0.6 is 0 Å². The Morgan fingerprint density at radius 1 is 0.605 bits per heavy atom. The molecule has 2 aromatic rings. The average molecular weight is 524 g/mol. The molecule has 0 unspecified atom stereocenters. The van der Waals surface area contributed by atoms with Crippen molar-refractivity contribution in [2.45, 2.75) is 105 Å². The highest BCUT2D eigenvalue weighted by Crippen LogP contribution is 2.42. The van der Waals surface area contributed by atoms with Gasteiger partial charge in [0.15, 0.2) is 0 Å². The normalized spacial score (nSPS) is 15.6. The molecule has 0 fully saturated rings. The van der Waals surface area contributed by atoms with E-state index in [-0.39, 0.29) is 21.7 Å². The molecule has 0 saturated heterocycles. The Labute approximate surface area is 229 Å². The third-order valence-electron chi connectivity index (χ3n) is 6.81. The zero-order valence-corrected chi connectivity index (χ0v) is 25.5. The topological polar surface area (TPSA) is 83.4 Å². The molecule has 1 aliphatic rings. The molecule has 0 aromatic heterocycles. The first-order chi connectivity index (χ1) is 17.2. The van der Waals surface area contributed by atoms with Gasteiger partial charge in [-0.25, -0.2) is 0 Å². The van der Waals surface area contributed by atoms with Gasteiger partial charge in [0.05, 0.1) is 5.69 Å². The summed E-state index contributed by atoms with van der Waals surface area (Å²) in [5.74, 6) is 0.731. The van der Waals surface area contributed by atoms with Gasteiger partial charge < -0.3 is 15.6 Å². The predicted molar refractivity (Wildman–Crippen MR) is 160 cm³/mol. The second-order valence-corrected chi connectivity index (χ2v) is 14.7. The SMILES string of the molecule is CC(C)(C)c1cc(NN2C=NCN(Nc3cc(C(C)(C)C)c(O)c(C(C)(C)C)c3)C2)cc(C(C)(C)C)c1O. The standard InChI is InChI=1S/C31H49N5O2/c1-28(2,3)22-13-20(14-23(26(22)37)29(4,5)6)33-35-17-32-18-36(19-35)34-21-15-24(30(7,8)9)27(38)25(16-21)31(10,11)12/h13-17,33-34,37-38H,18-19H2,1-12H3. The van der Waals surface area contributed by atoms with E-state index in [1.165, 1.54) is 0 Å². The van der Waals surface area contributed by atoms with Crippen molar-refractivity contribution in [3.05, 3.63) is 46.5 Å². The Morgan fingerprint density at radius 2 is 0.947 bits per heavy atom. The highest BCUT2D eigenvalue weighted by atomic mass is 16.3. The van der Waals surface area contributed by atoms with Crippen LogP contribution in [0.5, 0.6) is 11.5 Å². The second kappa shape index (κ2) is 9.99. The maximum atomic E-state index is 11.1. The van der Waals surface area contributed by atoms with Crippen LogP contribution in [0.4, 0.5) is 11.4 Å². The van der Waals surface area contributed by atoms with E-state index >= 15 is 0 Å². The summed E-state index contributed by atoms with van der Waals surface area (Å²) in [5, 5.41) is 26.1. The monoisotopic (exact) mass is 523 g/mol. The quantitative estimate of drug-likeness (QED) is 0.317. The van der Waals surface area contributed by atoms with Crippen LogP contribution in [-0.2, 0) is 21.7 Å². The van der Waals surface area contributed by atoms with Crippen molar-refractivity contribution >= 4 is 17.7 Å². The molecular weight excluding hydrogens is 474 g/mol. The minimum Gasteiger partial charge on any atom is -0.507 e. The Kier molecular flexibility index (Phi) is 7.79. The van der Waals surface area contributed by atoms with E-state index in [1.807, 2.05) is 34.3 Å². The molecule has 0 saturated carbocycles. The van der Waals surface area contributed by atoms with E-state index in [2.05, 4.69) is 98.9 Å². The first-order valence-electron chi connectivity index (χ1n) is 13.5. The molecule has 7 heteroatoms. The van der Waals surface area contributed by atoms with Crippen LogP contribution in [0.2, 0.25) is 0 Å². The van der Waals surface area contributed by atoms with E-state index < -0.39 is 0 Å². The number of benzene rings is 2. The maximum Gasteiger partial charge on any atom is 0.123 e. The summed E-state index contributed by atoms with van der Waals surface area (Å²) >= 11 is 0. The van der Waals surface area contributed by atoms with Crippen LogP contribution in [-0.4, -0.2) is 39.9 Å². The molecule has 1 heterocycles. The van der Waals surface area contributed by atoms with Gasteiger partial charge in [-0.15, -0.1) is 0 Å². The second-order valence-electron chi connectivity index (χ2n) is 14.7.